The number of ether oxygens (including phenoxy) is 9. The lowest BCUT2D eigenvalue weighted by molar-refractivity contribution is -0.165. The fourth-order valence-corrected chi connectivity index (χ4v) is 11.0. The summed E-state index contributed by atoms with van der Waals surface area (Å²) in [4.78, 5) is 125. The monoisotopic (exact) mass is 1350 g/mol. The summed E-state index contributed by atoms with van der Waals surface area (Å²) in [7, 11) is 8.67. The molecule has 8 amide bonds. The van der Waals surface area contributed by atoms with E-state index in [9.17, 15) is 48.3 Å². The van der Waals surface area contributed by atoms with E-state index >= 15 is 0 Å². The normalized spacial score (nSPS) is 25.0. The summed E-state index contributed by atoms with van der Waals surface area (Å²) in [6.07, 6.45) is 0.640. The van der Waals surface area contributed by atoms with E-state index in [0.29, 0.717) is 17.5 Å². The van der Waals surface area contributed by atoms with Crippen LogP contribution in [0.25, 0.3) is 0 Å². The molecular formula is C59H78BrClN8O19S. The molecule has 6 rings (SSSR count). The molecule has 488 valence electrons. The van der Waals surface area contributed by atoms with Crippen LogP contribution in [0, 0.1) is 5.92 Å². The third-order valence-electron chi connectivity index (χ3n) is 15.2. The number of aliphatic hydroxyl groups is 1. The van der Waals surface area contributed by atoms with E-state index < -0.39 is 101 Å². The van der Waals surface area contributed by atoms with Gasteiger partial charge in [0.1, 0.15) is 54.1 Å². The van der Waals surface area contributed by atoms with Crippen LogP contribution in [0.15, 0.2) is 66.3 Å². The van der Waals surface area contributed by atoms with E-state index in [4.69, 9.17) is 54.2 Å². The average molecular weight is 1350 g/mol. The number of anilines is 3. The molecule has 4 bridgehead atoms. The molecule has 9 atom stereocenters. The standard InChI is InChI=1S/C59H78BrClN8O19S/c1-34-13-11-15-45(81-10)59(79)29-44(86-55(76)65-59)35(2)50-58(4,88-50)51(52(73)69(8)42-27-38(25-34)28-43(80-9)49(42)61)87-53(74)36(3)68(7)48(72)19-24-89-57(78)67(6)22-21-66(5)56(77)84-31-37-16-17-40(41(26-37)63-46(70)18-20-62-47(71)30-60)64-54(75)85-39-14-12-23-82-33-83-32-39/h11-17,26-28,35-36,39,44-45,50-51,79H,18-25,29-33H2,1-10H3,(H,62,71)(H,63,70)(H,64,75)(H,65,76)/b14-12+,15-11+,34-13+/t35-,36+,39?,44+,45-,50?,51+,58-,59+/m1/s1. The number of likely N-dealkylation sites (N-methyl/N-ethyl adjacent to an activating group) is 4. The van der Waals surface area contributed by atoms with Gasteiger partial charge in [0.25, 0.3) is 11.1 Å². The highest BCUT2D eigenvalue weighted by Crippen LogP contribution is 2.49. The molecule has 4 aliphatic heterocycles. The lowest BCUT2D eigenvalue weighted by Crippen LogP contribution is -2.63. The van der Waals surface area contributed by atoms with Crippen molar-refractivity contribution in [3.05, 3.63) is 82.4 Å². The Hall–Kier alpha value is -6.99. The number of carbonyl (C=O) groups excluding carboxylic acids is 9. The summed E-state index contributed by atoms with van der Waals surface area (Å²) in [5.41, 5.74) is -0.900. The highest BCUT2D eigenvalue weighted by molar-refractivity contribution is 9.09. The van der Waals surface area contributed by atoms with Crippen LogP contribution >= 0.6 is 39.3 Å². The second kappa shape index (κ2) is 32.7. The number of alkyl carbamates (subject to hydrolysis) is 1. The van der Waals surface area contributed by atoms with Crippen LogP contribution in [-0.2, 0) is 74.9 Å². The minimum atomic E-state index is -1.92. The predicted octanol–water partition coefficient (Wildman–Crippen LogP) is 5.89. The molecule has 2 saturated heterocycles. The zero-order valence-corrected chi connectivity index (χ0v) is 54.4. The summed E-state index contributed by atoms with van der Waals surface area (Å²) in [5.74, 6) is -3.45. The van der Waals surface area contributed by atoms with Crippen LogP contribution in [0.2, 0.25) is 5.02 Å². The van der Waals surface area contributed by atoms with Crippen LogP contribution < -0.4 is 30.9 Å². The topological polar surface area (TPSA) is 321 Å². The molecule has 0 saturated carbocycles. The number of amides is 8. The van der Waals surface area contributed by atoms with Crippen LogP contribution in [-0.4, -0.2) is 214 Å². The quantitative estimate of drug-likeness (QED) is 0.0339. The highest BCUT2D eigenvalue weighted by Gasteiger charge is 2.66. The fourth-order valence-electron chi connectivity index (χ4n) is 9.73. The van der Waals surface area contributed by atoms with Gasteiger partial charge < -0.3 is 78.0 Å². The van der Waals surface area contributed by atoms with Gasteiger partial charge in [0.05, 0.1) is 48.8 Å². The Labute approximate surface area is 533 Å². The second-order valence-corrected chi connectivity index (χ2v) is 23.8. The number of fused-ring (bicyclic) bond motifs is 5. The lowest BCUT2D eigenvalue weighted by atomic mass is 9.84. The van der Waals surface area contributed by atoms with Gasteiger partial charge in [-0.1, -0.05) is 82.2 Å². The number of halogens is 2. The SMILES string of the molecule is COc1cc2cc(c1Cl)N(C)C(=O)[C@H](OC(=O)[C@H](C)N(C)C(=O)CCSC(=O)N(C)CCN(C)C(=O)OCc1ccc(NC(=O)OC3/C=C/COCOC3)c(NC(=O)CCNC(=O)CBr)c1)[C@]1(C)OC1[C@H](C)[C@@H]1C[C@@](O)(NC(=O)O1)[C@H](OC)/C=C/C=C(\C)C2. The van der Waals surface area contributed by atoms with Crippen LogP contribution in [0.3, 0.4) is 0 Å². The maximum absolute atomic E-state index is 14.9. The molecule has 2 fully saturated rings. The van der Waals surface area contributed by atoms with E-state index in [0.717, 1.165) is 22.2 Å². The van der Waals surface area contributed by atoms with Gasteiger partial charge in [-0.15, -0.1) is 0 Å². The maximum atomic E-state index is 14.9. The van der Waals surface area contributed by atoms with Crippen molar-refractivity contribution in [1.29, 1.82) is 0 Å². The van der Waals surface area contributed by atoms with Crippen molar-refractivity contribution in [2.75, 3.05) is 109 Å². The minimum absolute atomic E-state index is 0.00802. The number of allylic oxidation sites excluding steroid dienone is 3. The fraction of sp³-hybridized carbons (Fsp3) is 0.542. The first kappa shape index (κ1) is 71.1. The van der Waals surface area contributed by atoms with Gasteiger partial charge in [-0.05, 0) is 68.7 Å². The number of nitrogens with one attached hydrogen (secondary N) is 4. The molecule has 0 spiro atoms. The number of nitrogens with zero attached hydrogens (tertiary/aromatic N) is 4. The number of carbonyl (C=O) groups is 9. The molecule has 4 heterocycles. The number of alkyl halides is 1. The number of thioether (sulfide) groups is 1. The van der Waals surface area contributed by atoms with E-state index in [1.54, 1.807) is 56.4 Å². The van der Waals surface area contributed by atoms with E-state index in [1.807, 2.05) is 13.0 Å². The number of hydrogen-bond acceptors (Lipinski definition) is 20. The van der Waals surface area contributed by atoms with Crippen molar-refractivity contribution in [3.8, 4) is 5.75 Å². The van der Waals surface area contributed by atoms with Crippen molar-refractivity contribution in [2.24, 2.45) is 5.92 Å². The minimum Gasteiger partial charge on any atom is -0.495 e. The van der Waals surface area contributed by atoms with Crippen molar-refractivity contribution in [3.63, 3.8) is 0 Å². The van der Waals surface area contributed by atoms with E-state index in [1.165, 1.54) is 76.2 Å². The molecular weight excluding hydrogens is 1270 g/mol. The molecule has 0 radical (unpaired) electrons. The predicted molar refractivity (Wildman–Crippen MR) is 331 cm³/mol. The van der Waals surface area contributed by atoms with Crippen molar-refractivity contribution >= 4 is 109 Å². The number of esters is 1. The molecule has 89 heavy (non-hydrogen) atoms. The van der Waals surface area contributed by atoms with Crippen molar-refractivity contribution < 1.29 is 90.9 Å². The molecule has 0 aromatic heterocycles. The summed E-state index contributed by atoms with van der Waals surface area (Å²) in [6.45, 7) is 6.84. The van der Waals surface area contributed by atoms with Gasteiger partial charge in [-0.3, -0.25) is 34.6 Å². The zero-order valence-electron chi connectivity index (χ0n) is 51.3. The third-order valence-corrected chi connectivity index (χ3v) is 17.0. The number of epoxide rings is 1. The van der Waals surface area contributed by atoms with Gasteiger partial charge in [-0.2, -0.15) is 0 Å². The number of rotatable bonds is 20. The Morgan fingerprint density at radius 2 is 1.72 bits per heavy atom. The van der Waals surface area contributed by atoms with Crippen molar-refractivity contribution in [2.45, 2.75) is 108 Å². The van der Waals surface area contributed by atoms with Crippen molar-refractivity contribution in [1.82, 2.24) is 25.3 Å². The van der Waals surface area contributed by atoms with Gasteiger partial charge in [0.15, 0.2) is 5.72 Å². The smallest absolute Gasteiger partial charge is 0.412 e. The molecule has 2 aromatic rings. The van der Waals surface area contributed by atoms with Crippen LogP contribution in [0.4, 0.5) is 36.2 Å². The second-order valence-electron chi connectivity index (χ2n) is 21.8. The first-order valence-corrected chi connectivity index (χ1v) is 30.9. The van der Waals surface area contributed by atoms with Crippen LogP contribution in [0.5, 0.6) is 5.75 Å². The average Bonchev–Trinajstić information content (AvgIpc) is 1.60. The summed E-state index contributed by atoms with van der Waals surface area (Å²) in [6, 6.07) is 6.74. The first-order valence-electron chi connectivity index (χ1n) is 28.4. The van der Waals surface area contributed by atoms with Crippen LogP contribution in [0.1, 0.15) is 58.1 Å². The number of benzene rings is 2. The molecule has 0 aliphatic carbocycles. The summed E-state index contributed by atoms with van der Waals surface area (Å²) in [5, 5.41) is 22.0. The Morgan fingerprint density at radius 1 is 0.978 bits per heavy atom. The number of methoxy groups -OCH3 is 2. The molecule has 4 aliphatic rings. The Balaban J connectivity index is 1.04. The van der Waals surface area contributed by atoms with E-state index in [2.05, 4.69) is 37.2 Å². The molecule has 27 nitrogen and oxygen atoms in total. The molecule has 5 N–H and O–H groups in total. The molecule has 30 heteroatoms. The van der Waals surface area contributed by atoms with Gasteiger partial charge in [0.2, 0.25) is 23.8 Å². The third kappa shape index (κ3) is 19.5. The summed E-state index contributed by atoms with van der Waals surface area (Å²) >= 11 is 10.8. The summed E-state index contributed by atoms with van der Waals surface area (Å²) < 4.78 is 50.8. The van der Waals surface area contributed by atoms with E-state index in [-0.39, 0.29) is 110 Å². The van der Waals surface area contributed by atoms with Gasteiger partial charge in [-0.25, -0.2) is 19.2 Å². The first-order chi connectivity index (χ1) is 42.2. The Kier molecular flexibility index (Phi) is 26.1. The Morgan fingerprint density at radius 3 is 2.44 bits per heavy atom. The van der Waals surface area contributed by atoms with Gasteiger partial charge >= 0.3 is 24.2 Å². The largest absolute Gasteiger partial charge is 0.495 e. The van der Waals surface area contributed by atoms with Gasteiger partial charge in [0, 0.05) is 85.9 Å². The zero-order chi connectivity index (χ0) is 65.3. The molecule has 2 aromatic carbocycles. The maximum Gasteiger partial charge on any atom is 0.412 e. The lowest BCUT2D eigenvalue weighted by Gasteiger charge is -2.42. The Bertz CT molecular complexity index is 3030. The highest BCUT2D eigenvalue weighted by atomic mass is 79.9. The number of hydrogen-bond donors (Lipinski definition) is 5. The molecule has 2 unspecified atom stereocenters.